The van der Waals surface area contributed by atoms with Crippen LogP contribution in [0.3, 0.4) is 0 Å². The second-order valence-electron chi connectivity index (χ2n) is 9.61. The molecule has 1 saturated carbocycles. The van der Waals surface area contributed by atoms with Gasteiger partial charge in [-0.1, -0.05) is 53.5 Å². The van der Waals surface area contributed by atoms with Gasteiger partial charge >= 0.3 is 6.09 Å². The fourth-order valence-corrected chi connectivity index (χ4v) is 4.72. The molecule has 0 aromatic heterocycles. The molecule has 160 valence electrons. The third-order valence-electron chi connectivity index (χ3n) is 5.97. The average molecular weight is 446 g/mol. The van der Waals surface area contributed by atoms with Crippen molar-refractivity contribution in [3.8, 4) is 0 Å². The monoisotopic (exact) mass is 445 g/mol. The Morgan fingerprint density at radius 3 is 2.50 bits per heavy atom. The van der Waals surface area contributed by atoms with Gasteiger partial charge in [0.1, 0.15) is 5.60 Å². The van der Waals surface area contributed by atoms with Crippen LogP contribution in [0.5, 0.6) is 0 Å². The first-order chi connectivity index (χ1) is 14.2. The van der Waals surface area contributed by atoms with Gasteiger partial charge in [-0.25, -0.2) is 4.79 Å². The molecule has 30 heavy (non-hydrogen) atoms. The number of fused-ring (bicyclic) bond motifs is 1. The van der Waals surface area contributed by atoms with Crippen molar-refractivity contribution < 1.29 is 9.53 Å². The zero-order chi connectivity index (χ0) is 21.5. The van der Waals surface area contributed by atoms with Crippen LogP contribution in [0.4, 0.5) is 4.79 Å². The van der Waals surface area contributed by atoms with Crippen molar-refractivity contribution in [3.63, 3.8) is 0 Å². The Morgan fingerprint density at radius 2 is 1.83 bits per heavy atom. The fourth-order valence-electron chi connectivity index (χ4n) is 4.40. The quantitative estimate of drug-likeness (QED) is 0.501. The molecule has 2 unspecified atom stereocenters. The molecule has 0 spiro atoms. The molecule has 1 amide bonds. The van der Waals surface area contributed by atoms with E-state index < -0.39 is 5.60 Å². The minimum absolute atomic E-state index is 0.0762. The highest BCUT2D eigenvalue weighted by molar-refractivity contribution is 6.42. The predicted octanol–water partition coefficient (Wildman–Crippen LogP) is 6.89. The van der Waals surface area contributed by atoms with Gasteiger partial charge in [0.05, 0.1) is 10.0 Å². The molecule has 2 aromatic rings. The molecule has 0 saturated heterocycles. The molecule has 4 rings (SSSR count). The van der Waals surface area contributed by atoms with Crippen molar-refractivity contribution in [2.24, 2.45) is 5.92 Å². The van der Waals surface area contributed by atoms with Gasteiger partial charge in [0.25, 0.3) is 0 Å². The molecule has 0 heterocycles. The van der Waals surface area contributed by atoms with E-state index in [1.807, 2.05) is 43.9 Å². The molecule has 2 atom stereocenters. The van der Waals surface area contributed by atoms with E-state index in [9.17, 15) is 4.79 Å². The van der Waals surface area contributed by atoms with Gasteiger partial charge in [-0.05, 0) is 81.2 Å². The van der Waals surface area contributed by atoms with Gasteiger partial charge in [-0.15, -0.1) is 0 Å². The molecule has 0 aliphatic heterocycles. The summed E-state index contributed by atoms with van der Waals surface area (Å²) in [6.07, 6.45) is 3.84. The highest BCUT2D eigenvalue weighted by Gasteiger charge is 2.41. The van der Waals surface area contributed by atoms with Crippen molar-refractivity contribution in [1.82, 2.24) is 4.90 Å². The Morgan fingerprint density at radius 1 is 1.10 bits per heavy atom. The fraction of sp³-hybridized carbons (Fsp3) is 0.480. The van der Waals surface area contributed by atoms with Crippen molar-refractivity contribution in [2.45, 2.75) is 64.0 Å². The average Bonchev–Trinajstić information content (AvgIpc) is 3.42. The summed E-state index contributed by atoms with van der Waals surface area (Å²) in [5.41, 5.74) is 3.25. The lowest BCUT2D eigenvalue weighted by molar-refractivity contribution is 0.0131. The Kier molecular flexibility index (Phi) is 6.05. The topological polar surface area (TPSA) is 29.5 Å². The Hall–Kier alpha value is -1.71. The van der Waals surface area contributed by atoms with Gasteiger partial charge in [0.2, 0.25) is 0 Å². The van der Waals surface area contributed by atoms with Crippen molar-refractivity contribution in [1.29, 1.82) is 0 Å². The third-order valence-corrected chi connectivity index (χ3v) is 6.71. The minimum atomic E-state index is -0.510. The second kappa shape index (κ2) is 8.43. The van der Waals surface area contributed by atoms with Crippen LogP contribution < -0.4 is 0 Å². The normalized spacial score (nSPS) is 20.7. The summed E-state index contributed by atoms with van der Waals surface area (Å²) in [6, 6.07) is 14.4. The molecule has 5 heteroatoms. The number of carbonyl (C=O) groups is 1. The maximum absolute atomic E-state index is 13.2. The highest BCUT2D eigenvalue weighted by Crippen LogP contribution is 2.41. The van der Waals surface area contributed by atoms with Crippen LogP contribution in [-0.4, -0.2) is 29.2 Å². The third kappa shape index (κ3) is 4.95. The van der Waals surface area contributed by atoms with E-state index in [-0.39, 0.29) is 18.1 Å². The van der Waals surface area contributed by atoms with Crippen molar-refractivity contribution in [3.05, 3.63) is 69.2 Å². The maximum Gasteiger partial charge on any atom is 0.410 e. The second-order valence-corrected chi connectivity index (χ2v) is 10.4. The Balaban J connectivity index is 1.65. The lowest BCUT2D eigenvalue weighted by Gasteiger charge is -2.35. The molecular formula is C25H29Cl2NO2. The number of rotatable bonds is 5. The molecular weight excluding hydrogens is 417 g/mol. The Bertz CT molecular complexity index is 933. The van der Waals surface area contributed by atoms with Crippen molar-refractivity contribution >= 4 is 29.3 Å². The van der Waals surface area contributed by atoms with Crippen molar-refractivity contribution in [2.75, 3.05) is 6.54 Å². The summed E-state index contributed by atoms with van der Waals surface area (Å²) in [5, 5.41) is 1.13. The Labute approximate surface area is 189 Å². The zero-order valence-corrected chi connectivity index (χ0v) is 19.3. The molecule has 1 fully saturated rings. The summed E-state index contributed by atoms with van der Waals surface area (Å²) >= 11 is 12.4. The van der Waals surface area contributed by atoms with Crippen LogP contribution in [0.1, 0.15) is 56.2 Å². The summed E-state index contributed by atoms with van der Waals surface area (Å²) in [6.45, 7) is 6.55. The molecule has 0 bridgehead atoms. The van der Waals surface area contributed by atoms with E-state index in [4.69, 9.17) is 27.9 Å². The molecule has 0 radical (unpaired) electrons. The number of carbonyl (C=O) groups excluding carboxylic acids is 1. The van der Waals surface area contributed by atoms with Crippen LogP contribution in [-0.2, 0) is 17.6 Å². The van der Waals surface area contributed by atoms with Crippen LogP contribution in [0, 0.1) is 5.92 Å². The highest BCUT2D eigenvalue weighted by atomic mass is 35.5. The van der Waals surface area contributed by atoms with E-state index in [1.54, 1.807) is 0 Å². The molecule has 3 nitrogen and oxygen atoms in total. The molecule has 2 aliphatic carbocycles. The lowest BCUT2D eigenvalue weighted by atomic mass is 9.90. The number of ether oxygens (including phenoxy) is 1. The van der Waals surface area contributed by atoms with Crippen LogP contribution in [0.2, 0.25) is 10.0 Å². The first kappa shape index (κ1) is 21.5. The van der Waals surface area contributed by atoms with Gasteiger partial charge in [0, 0.05) is 18.5 Å². The minimum Gasteiger partial charge on any atom is -0.444 e. The standard InChI is InChI=1S/C25H29Cl2NO2/c1-25(2,3)30-24(29)28(15-16-8-9-16)23-14-18-6-4-5-7-19(18)20(23)12-17-10-11-21(26)22(27)13-17/h4-7,10-11,13,16,20,23H,8-9,12,14-15H2,1-3H3. The van der Waals surface area contributed by atoms with E-state index in [1.165, 1.54) is 24.0 Å². The number of amides is 1. The molecule has 2 aromatic carbocycles. The zero-order valence-electron chi connectivity index (χ0n) is 17.8. The number of halogens is 2. The summed E-state index contributed by atoms with van der Waals surface area (Å²) in [7, 11) is 0. The van der Waals surface area contributed by atoms with E-state index in [0.717, 1.165) is 24.9 Å². The SMILES string of the molecule is CC(C)(C)OC(=O)N(CC1CC1)C1Cc2ccccc2C1Cc1ccc(Cl)c(Cl)c1. The lowest BCUT2D eigenvalue weighted by Crippen LogP contribution is -2.46. The molecule has 2 aliphatic rings. The number of nitrogens with zero attached hydrogens (tertiary/aromatic N) is 1. The number of hydrogen-bond acceptors (Lipinski definition) is 2. The number of hydrogen-bond donors (Lipinski definition) is 0. The smallest absolute Gasteiger partial charge is 0.410 e. The van der Waals surface area contributed by atoms with Crippen LogP contribution in [0.25, 0.3) is 0 Å². The first-order valence-electron chi connectivity index (χ1n) is 10.7. The summed E-state index contributed by atoms with van der Waals surface area (Å²) in [5.74, 6) is 0.788. The largest absolute Gasteiger partial charge is 0.444 e. The van der Waals surface area contributed by atoms with Crippen LogP contribution in [0.15, 0.2) is 42.5 Å². The maximum atomic E-state index is 13.2. The van der Waals surface area contributed by atoms with Gasteiger partial charge in [0.15, 0.2) is 0 Å². The van der Waals surface area contributed by atoms with Gasteiger partial charge in [-0.3, -0.25) is 0 Å². The van der Waals surface area contributed by atoms with Gasteiger partial charge in [-0.2, -0.15) is 0 Å². The van der Waals surface area contributed by atoms with E-state index >= 15 is 0 Å². The summed E-state index contributed by atoms with van der Waals surface area (Å²) < 4.78 is 5.82. The molecule has 0 N–H and O–H groups in total. The first-order valence-corrected chi connectivity index (χ1v) is 11.5. The van der Waals surface area contributed by atoms with E-state index in [2.05, 4.69) is 24.3 Å². The predicted molar refractivity (Wildman–Crippen MR) is 123 cm³/mol. The van der Waals surface area contributed by atoms with Gasteiger partial charge < -0.3 is 9.64 Å². The van der Waals surface area contributed by atoms with Crippen LogP contribution >= 0.6 is 23.2 Å². The van der Waals surface area contributed by atoms with E-state index in [0.29, 0.717) is 16.0 Å². The summed E-state index contributed by atoms with van der Waals surface area (Å²) in [4.78, 5) is 15.2. The number of benzene rings is 2.